The van der Waals surface area contributed by atoms with Gasteiger partial charge in [-0.05, 0) is 31.2 Å². The molecule has 0 atom stereocenters. The molecule has 0 saturated heterocycles. The molecule has 0 aliphatic heterocycles. The molecule has 4 nitrogen and oxygen atoms in total. The van der Waals surface area contributed by atoms with Gasteiger partial charge in [0.1, 0.15) is 0 Å². The summed E-state index contributed by atoms with van der Waals surface area (Å²) in [6.07, 6.45) is 11.2. The van der Waals surface area contributed by atoms with Crippen molar-refractivity contribution in [2.24, 2.45) is 0 Å². The van der Waals surface area contributed by atoms with E-state index in [2.05, 4.69) is 22.0 Å². The molecule has 15 heavy (non-hydrogen) atoms. The molecule has 0 aliphatic rings. The average molecular weight is 202 g/mol. The largest absolute Gasteiger partial charge is 0.172 e. The number of hydrogen-bond donors (Lipinski definition) is 0. The van der Waals surface area contributed by atoms with Gasteiger partial charge in [0.15, 0.2) is 5.82 Å². The molecule has 0 fully saturated rings. The van der Waals surface area contributed by atoms with Crippen molar-refractivity contribution >= 4 is 5.70 Å². The summed E-state index contributed by atoms with van der Waals surface area (Å²) < 4.78 is 0. The van der Waals surface area contributed by atoms with Gasteiger partial charge in [0.2, 0.25) is 0 Å². The first-order valence-corrected chi connectivity index (χ1v) is 4.67. The second kappa shape index (κ2) is 5.70. The number of nitrogens with zero attached hydrogens (tertiary/aromatic N) is 4. The summed E-state index contributed by atoms with van der Waals surface area (Å²) in [5, 5.41) is 11.8. The molecular formula is C11H14N4. The Labute approximate surface area is 89.3 Å². The molecule has 0 bridgehead atoms. The maximum absolute atomic E-state index is 4.12. The number of aromatic nitrogens is 4. The van der Waals surface area contributed by atoms with E-state index in [0.29, 0.717) is 5.82 Å². The Morgan fingerprint density at radius 2 is 2.20 bits per heavy atom. The van der Waals surface area contributed by atoms with Crippen molar-refractivity contribution in [1.82, 2.24) is 20.2 Å². The number of allylic oxidation sites excluding steroid dienone is 7. The fraction of sp³-hybridized carbons (Fsp3) is 0.182. The summed E-state index contributed by atoms with van der Waals surface area (Å²) in [4.78, 5) is 1.48. The second-order valence-electron chi connectivity index (χ2n) is 2.84. The van der Waals surface area contributed by atoms with E-state index < -0.39 is 0 Å². The van der Waals surface area contributed by atoms with Gasteiger partial charge < -0.3 is 0 Å². The van der Waals surface area contributed by atoms with Gasteiger partial charge in [-0.3, -0.25) is 0 Å². The zero-order chi connectivity index (χ0) is 11.1. The lowest BCUT2D eigenvalue weighted by Crippen LogP contribution is -1.99. The predicted molar refractivity (Wildman–Crippen MR) is 61.0 cm³/mol. The van der Waals surface area contributed by atoms with Gasteiger partial charge in [0, 0.05) is 0 Å². The summed E-state index contributed by atoms with van der Waals surface area (Å²) in [5.41, 5.74) is 0.841. The number of hydrogen-bond acceptors (Lipinski definition) is 3. The van der Waals surface area contributed by atoms with Crippen molar-refractivity contribution in [2.45, 2.75) is 13.8 Å². The van der Waals surface area contributed by atoms with Gasteiger partial charge in [-0.25, -0.2) is 0 Å². The normalized spacial score (nSPS) is 12.8. The summed E-state index contributed by atoms with van der Waals surface area (Å²) >= 11 is 0. The topological polar surface area (TPSA) is 43.6 Å². The van der Waals surface area contributed by atoms with Gasteiger partial charge in [-0.2, -0.15) is 0 Å². The Morgan fingerprint density at radius 3 is 2.73 bits per heavy atom. The first-order chi connectivity index (χ1) is 7.27. The van der Waals surface area contributed by atoms with Crippen LogP contribution in [0.3, 0.4) is 0 Å². The van der Waals surface area contributed by atoms with E-state index in [4.69, 9.17) is 0 Å². The molecule has 4 heteroatoms. The molecule has 1 aromatic heterocycles. The van der Waals surface area contributed by atoms with Crippen molar-refractivity contribution in [3.8, 4) is 0 Å². The maximum atomic E-state index is 4.12. The second-order valence-corrected chi connectivity index (χ2v) is 2.84. The van der Waals surface area contributed by atoms with Crippen LogP contribution in [-0.4, -0.2) is 20.2 Å². The minimum absolute atomic E-state index is 0.647. The van der Waals surface area contributed by atoms with E-state index in [1.807, 2.05) is 37.3 Å². The zero-order valence-corrected chi connectivity index (χ0v) is 8.96. The third kappa shape index (κ3) is 3.34. The van der Waals surface area contributed by atoms with Crippen molar-refractivity contribution in [2.75, 3.05) is 0 Å². The Kier molecular flexibility index (Phi) is 4.22. The highest BCUT2D eigenvalue weighted by Gasteiger charge is 1.99. The Bertz CT molecular complexity index is 410. The molecule has 1 heterocycles. The highest BCUT2D eigenvalue weighted by atomic mass is 15.6. The highest BCUT2D eigenvalue weighted by Crippen LogP contribution is 2.03. The third-order valence-electron chi connectivity index (χ3n) is 1.61. The molecule has 0 aliphatic carbocycles. The van der Waals surface area contributed by atoms with Crippen molar-refractivity contribution in [1.29, 1.82) is 0 Å². The quantitative estimate of drug-likeness (QED) is 0.702. The number of aryl methyl sites for hydroxylation is 1. The van der Waals surface area contributed by atoms with Crippen LogP contribution in [0.4, 0.5) is 0 Å². The Balaban J connectivity index is 3.00. The van der Waals surface area contributed by atoms with Crippen molar-refractivity contribution in [3.05, 3.63) is 48.9 Å². The van der Waals surface area contributed by atoms with E-state index in [1.165, 1.54) is 4.80 Å². The average Bonchev–Trinajstić information content (AvgIpc) is 2.65. The van der Waals surface area contributed by atoms with Gasteiger partial charge >= 0.3 is 0 Å². The summed E-state index contributed by atoms with van der Waals surface area (Å²) in [6, 6.07) is 0. The van der Waals surface area contributed by atoms with Crippen LogP contribution in [0.15, 0.2) is 43.0 Å². The van der Waals surface area contributed by atoms with Crippen LogP contribution in [0, 0.1) is 6.92 Å². The first-order valence-electron chi connectivity index (χ1n) is 4.67. The van der Waals surface area contributed by atoms with E-state index in [-0.39, 0.29) is 0 Å². The standard InChI is InChI=1S/C11H14N4/c1-4-6-8-11(9-7-5-2)15-13-10(3)12-14-15/h4-9H,1H2,2-3H3/b7-5-,8-6-,11-9+. The fourth-order valence-electron chi connectivity index (χ4n) is 0.944. The van der Waals surface area contributed by atoms with Gasteiger partial charge in [-0.1, -0.05) is 30.9 Å². The van der Waals surface area contributed by atoms with Crippen LogP contribution in [0.1, 0.15) is 12.7 Å². The monoisotopic (exact) mass is 202 g/mol. The zero-order valence-electron chi connectivity index (χ0n) is 8.96. The summed E-state index contributed by atoms with van der Waals surface area (Å²) in [7, 11) is 0. The van der Waals surface area contributed by atoms with Gasteiger partial charge in [0.25, 0.3) is 0 Å². The Morgan fingerprint density at radius 1 is 1.40 bits per heavy atom. The molecule has 0 amide bonds. The SMILES string of the molecule is C=C\C=C/C(=C\C=C/C)n1nnc(C)n1. The highest BCUT2D eigenvalue weighted by molar-refractivity contribution is 5.57. The smallest absolute Gasteiger partial charge is 0.132 e. The Hall–Kier alpha value is -1.97. The first kappa shape index (κ1) is 11.1. The van der Waals surface area contributed by atoms with E-state index in [0.717, 1.165) is 5.70 Å². The minimum Gasteiger partial charge on any atom is -0.132 e. The predicted octanol–water partition coefficient (Wildman–Crippen LogP) is 2.14. The molecule has 0 spiro atoms. The molecule has 0 saturated carbocycles. The maximum Gasteiger partial charge on any atom is 0.172 e. The molecule has 0 unspecified atom stereocenters. The van der Waals surface area contributed by atoms with Gasteiger partial charge in [0.05, 0.1) is 5.70 Å². The lowest BCUT2D eigenvalue weighted by Gasteiger charge is -1.96. The lowest BCUT2D eigenvalue weighted by atomic mass is 10.3. The van der Waals surface area contributed by atoms with Crippen LogP contribution < -0.4 is 0 Å². The van der Waals surface area contributed by atoms with Crippen LogP contribution in [0.5, 0.6) is 0 Å². The molecule has 0 aromatic carbocycles. The summed E-state index contributed by atoms with van der Waals surface area (Å²) in [6.45, 7) is 7.36. The lowest BCUT2D eigenvalue weighted by molar-refractivity contribution is 0.741. The number of rotatable bonds is 4. The van der Waals surface area contributed by atoms with Crippen LogP contribution in [-0.2, 0) is 0 Å². The van der Waals surface area contributed by atoms with Crippen molar-refractivity contribution in [3.63, 3.8) is 0 Å². The molecule has 1 aromatic rings. The van der Waals surface area contributed by atoms with E-state index in [1.54, 1.807) is 13.0 Å². The van der Waals surface area contributed by atoms with Crippen LogP contribution >= 0.6 is 0 Å². The molecular weight excluding hydrogens is 188 g/mol. The van der Waals surface area contributed by atoms with Crippen LogP contribution in [0.25, 0.3) is 5.70 Å². The number of tetrazole rings is 1. The summed E-state index contributed by atoms with van der Waals surface area (Å²) in [5.74, 6) is 0.647. The fourth-order valence-corrected chi connectivity index (χ4v) is 0.944. The molecule has 1 rings (SSSR count). The molecule has 0 radical (unpaired) electrons. The van der Waals surface area contributed by atoms with Gasteiger partial charge in [-0.15, -0.1) is 15.0 Å². The van der Waals surface area contributed by atoms with Crippen LogP contribution in [0.2, 0.25) is 0 Å². The van der Waals surface area contributed by atoms with Crippen molar-refractivity contribution < 1.29 is 0 Å². The third-order valence-corrected chi connectivity index (χ3v) is 1.61. The molecule has 0 N–H and O–H groups in total. The van der Waals surface area contributed by atoms with E-state index in [9.17, 15) is 0 Å². The minimum atomic E-state index is 0.647. The molecule has 78 valence electrons. The van der Waals surface area contributed by atoms with E-state index >= 15 is 0 Å².